The van der Waals surface area contributed by atoms with Crippen LogP contribution in [0.1, 0.15) is 43.2 Å². The number of carbonyl (C=O) groups excluding carboxylic acids is 2. The summed E-state index contributed by atoms with van der Waals surface area (Å²) in [6.07, 6.45) is 0.344. The molecule has 3 rings (SSSR count). The molecule has 0 saturated heterocycles. The van der Waals surface area contributed by atoms with Crippen LogP contribution >= 0.6 is 0 Å². The Balaban J connectivity index is 1.64. The number of rotatable bonds is 9. The second-order valence-corrected chi connectivity index (χ2v) is 7.26. The van der Waals surface area contributed by atoms with Crippen LogP contribution in [0.2, 0.25) is 0 Å². The molecular formula is C23H26N2O5. The normalized spacial score (nSPS) is 13.1. The second kappa shape index (κ2) is 9.91. The zero-order valence-electron chi connectivity index (χ0n) is 16.9. The predicted molar refractivity (Wildman–Crippen MR) is 112 cm³/mol. The lowest BCUT2D eigenvalue weighted by Crippen LogP contribution is -2.48. The molecule has 7 heteroatoms. The molecule has 1 aliphatic carbocycles. The summed E-state index contributed by atoms with van der Waals surface area (Å²) in [5.74, 6) is -1.82. The standard InChI is InChI=1S/C23H26N2O5/c1-2-3-12-24-22(28)20(13-21(26)27)25-23(29)30-14-19-17-10-6-4-8-15(17)16-9-5-7-11-18(16)19/h4-11,19-20H,2-3,12-14H2,1H3,(H,24,28)(H,25,29)(H,26,27). The first-order valence-electron chi connectivity index (χ1n) is 10.1. The molecule has 1 unspecified atom stereocenters. The van der Waals surface area contributed by atoms with Gasteiger partial charge in [-0.15, -0.1) is 0 Å². The van der Waals surface area contributed by atoms with Gasteiger partial charge in [-0.25, -0.2) is 4.79 Å². The lowest BCUT2D eigenvalue weighted by molar-refractivity contribution is -0.139. The van der Waals surface area contributed by atoms with E-state index in [-0.39, 0.29) is 12.5 Å². The van der Waals surface area contributed by atoms with Gasteiger partial charge >= 0.3 is 12.1 Å². The van der Waals surface area contributed by atoms with Gasteiger partial charge in [0.2, 0.25) is 5.91 Å². The van der Waals surface area contributed by atoms with E-state index >= 15 is 0 Å². The van der Waals surface area contributed by atoms with Crippen LogP contribution < -0.4 is 10.6 Å². The van der Waals surface area contributed by atoms with Gasteiger partial charge in [0.25, 0.3) is 0 Å². The van der Waals surface area contributed by atoms with Crippen molar-refractivity contribution < 1.29 is 24.2 Å². The highest BCUT2D eigenvalue weighted by Crippen LogP contribution is 2.44. The zero-order chi connectivity index (χ0) is 21.5. The van der Waals surface area contributed by atoms with Crippen LogP contribution in [0.4, 0.5) is 4.79 Å². The molecular weight excluding hydrogens is 384 g/mol. The fourth-order valence-corrected chi connectivity index (χ4v) is 3.68. The van der Waals surface area contributed by atoms with Gasteiger partial charge < -0.3 is 20.5 Å². The monoisotopic (exact) mass is 410 g/mol. The predicted octanol–water partition coefficient (Wildman–Crippen LogP) is 3.28. The van der Waals surface area contributed by atoms with Crippen molar-refractivity contribution in [2.45, 2.75) is 38.1 Å². The summed E-state index contributed by atoms with van der Waals surface area (Å²) in [5, 5.41) is 14.1. The van der Waals surface area contributed by atoms with Crippen LogP contribution in [-0.2, 0) is 14.3 Å². The largest absolute Gasteiger partial charge is 0.481 e. The van der Waals surface area contributed by atoms with Crippen molar-refractivity contribution in [3.63, 3.8) is 0 Å². The minimum Gasteiger partial charge on any atom is -0.481 e. The third kappa shape index (κ3) is 4.97. The van der Waals surface area contributed by atoms with Gasteiger partial charge in [0.15, 0.2) is 0 Å². The molecule has 2 aromatic rings. The number of alkyl carbamates (subject to hydrolysis) is 1. The average molecular weight is 410 g/mol. The summed E-state index contributed by atoms with van der Waals surface area (Å²) in [7, 11) is 0. The number of hydrogen-bond donors (Lipinski definition) is 3. The summed E-state index contributed by atoms with van der Waals surface area (Å²) in [4.78, 5) is 35.7. The first-order chi connectivity index (χ1) is 14.5. The number of carboxylic acids is 1. The summed E-state index contributed by atoms with van der Waals surface area (Å²) in [6, 6.07) is 14.7. The van der Waals surface area contributed by atoms with Gasteiger partial charge in [0, 0.05) is 12.5 Å². The SMILES string of the molecule is CCCCNC(=O)C(CC(=O)O)NC(=O)OCC1c2ccccc2-c2ccccc21. The molecule has 7 nitrogen and oxygen atoms in total. The van der Waals surface area contributed by atoms with E-state index in [1.54, 1.807) is 0 Å². The molecule has 0 radical (unpaired) electrons. The fraction of sp³-hybridized carbons (Fsp3) is 0.348. The van der Waals surface area contributed by atoms with Crippen LogP contribution in [-0.4, -0.2) is 42.3 Å². The third-order valence-electron chi connectivity index (χ3n) is 5.16. The molecule has 3 N–H and O–H groups in total. The molecule has 1 aliphatic rings. The Bertz CT molecular complexity index is 882. The van der Waals surface area contributed by atoms with Crippen LogP contribution in [0, 0.1) is 0 Å². The smallest absolute Gasteiger partial charge is 0.407 e. The molecule has 1 atom stereocenters. The van der Waals surface area contributed by atoms with Crippen molar-refractivity contribution in [2.24, 2.45) is 0 Å². The number of nitrogens with one attached hydrogen (secondary N) is 2. The highest BCUT2D eigenvalue weighted by Gasteiger charge is 2.30. The van der Waals surface area contributed by atoms with E-state index in [0.29, 0.717) is 6.54 Å². The molecule has 158 valence electrons. The summed E-state index contributed by atoms with van der Waals surface area (Å²) in [5.41, 5.74) is 4.37. The topological polar surface area (TPSA) is 105 Å². The Morgan fingerprint density at radius 2 is 1.63 bits per heavy atom. The van der Waals surface area contributed by atoms with Crippen molar-refractivity contribution in [1.29, 1.82) is 0 Å². The highest BCUT2D eigenvalue weighted by atomic mass is 16.5. The molecule has 0 bridgehead atoms. The molecule has 30 heavy (non-hydrogen) atoms. The number of unbranched alkanes of at least 4 members (excludes halogenated alkanes) is 1. The van der Waals surface area contributed by atoms with Crippen molar-refractivity contribution in [3.8, 4) is 11.1 Å². The molecule has 0 aliphatic heterocycles. The molecule has 2 aromatic carbocycles. The Hall–Kier alpha value is -3.35. The lowest BCUT2D eigenvalue weighted by Gasteiger charge is -2.18. The molecule has 0 spiro atoms. The minimum atomic E-state index is -1.19. The fourth-order valence-electron chi connectivity index (χ4n) is 3.68. The second-order valence-electron chi connectivity index (χ2n) is 7.26. The van der Waals surface area contributed by atoms with E-state index in [9.17, 15) is 14.4 Å². The van der Waals surface area contributed by atoms with Crippen molar-refractivity contribution >= 4 is 18.0 Å². The summed E-state index contributed by atoms with van der Waals surface area (Å²) in [6.45, 7) is 2.50. The average Bonchev–Trinajstić information content (AvgIpc) is 3.05. The number of hydrogen-bond acceptors (Lipinski definition) is 4. The number of aliphatic carboxylic acids is 1. The Labute approximate surface area is 175 Å². The van der Waals surface area contributed by atoms with Gasteiger partial charge in [0.05, 0.1) is 6.42 Å². The first kappa shape index (κ1) is 21.4. The molecule has 0 fully saturated rings. The summed E-state index contributed by atoms with van der Waals surface area (Å²) < 4.78 is 5.40. The molecule has 0 saturated carbocycles. The van der Waals surface area contributed by atoms with Gasteiger partial charge in [-0.3, -0.25) is 9.59 Å². The minimum absolute atomic E-state index is 0.0944. The van der Waals surface area contributed by atoms with Gasteiger partial charge in [-0.2, -0.15) is 0 Å². The van der Waals surface area contributed by atoms with E-state index in [4.69, 9.17) is 9.84 Å². The Kier molecular flexibility index (Phi) is 7.06. The Morgan fingerprint density at radius 3 is 2.20 bits per heavy atom. The van der Waals surface area contributed by atoms with E-state index in [0.717, 1.165) is 35.1 Å². The number of ether oxygens (including phenoxy) is 1. The third-order valence-corrected chi connectivity index (χ3v) is 5.16. The van der Waals surface area contributed by atoms with E-state index in [2.05, 4.69) is 10.6 Å². The maximum atomic E-state index is 12.3. The zero-order valence-corrected chi connectivity index (χ0v) is 16.9. The number of amides is 2. The van der Waals surface area contributed by atoms with E-state index < -0.39 is 30.4 Å². The van der Waals surface area contributed by atoms with Crippen molar-refractivity contribution in [1.82, 2.24) is 10.6 Å². The van der Waals surface area contributed by atoms with Crippen molar-refractivity contribution in [2.75, 3.05) is 13.2 Å². The molecule has 2 amide bonds. The number of carbonyl (C=O) groups is 3. The number of benzene rings is 2. The quantitative estimate of drug-likeness (QED) is 0.550. The maximum absolute atomic E-state index is 12.3. The molecule has 0 heterocycles. The first-order valence-corrected chi connectivity index (χ1v) is 10.1. The summed E-state index contributed by atoms with van der Waals surface area (Å²) >= 11 is 0. The number of fused-ring (bicyclic) bond motifs is 3. The van der Waals surface area contributed by atoms with Crippen molar-refractivity contribution in [3.05, 3.63) is 59.7 Å². The maximum Gasteiger partial charge on any atom is 0.407 e. The van der Waals surface area contributed by atoms with Crippen LogP contribution in [0.3, 0.4) is 0 Å². The highest BCUT2D eigenvalue weighted by molar-refractivity contribution is 5.89. The Morgan fingerprint density at radius 1 is 1.03 bits per heavy atom. The van der Waals surface area contributed by atoms with Crippen LogP contribution in [0.25, 0.3) is 11.1 Å². The van der Waals surface area contributed by atoms with E-state index in [1.807, 2.05) is 55.5 Å². The van der Waals surface area contributed by atoms with Gasteiger partial charge in [0.1, 0.15) is 12.6 Å². The number of carboxylic acid groups (broad SMARTS) is 1. The lowest BCUT2D eigenvalue weighted by atomic mass is 9.98. The van der Waals surface area contributed by atoms with Gasteiger partial charge in [-0.05, 0) is 28.7 Å². The molecule has 0 aromatic heterocycles. The van der Waals surface area contributed by atoms with E-state index in [1.165, 1.54) is 0 Å². The van der Waals surface area contributed by atoms with Gasteiger partial charge in [-0.1, -0.05) is 61.9 Å². The van der Waals surface area contributed by atoms with Crippen LogP contribution in [0.15, 0.2) is 48.5 Å². The van der Waals surface area contributed by atoms with Crippen LogP contribution in [0.5, 0.6) is 0 Å².